The van der Waals surface area contributed by atoms with Crippen molar-refractivity contribution in [2.75, 3.05) is 6.61 Å². The van der Waals surface area contributed by atoms with Gasteiger partial charge in [-0.25, -0.2) is 0 Å². The number of unbranched alkanes of at least 4 members (excludes halogenated alkanes) is 2. The summed E-state index contributed by atoms with van der Waals surface area (Å²) in [7, 11) is -0.301. The van der Waals surface area contributed by atoms with Crippen molar-refractivity contribution >= 4 is 13.2 Å². The lowest BCUT2D eigenvalue weighted by Gasteiger charge is -2.32. The van der Waals surface area contributed by atoms with Gasteiger partial charge in [-0.1, -0.05) is 43.9 Å². The predicted octanol–water partition coefficient (Wildman–Crippen LogP) is 4.90. The zero-order chi connectivity index (χ0) is 16.9. The van der Waals surface area contributed by atoms with Crippen molar-refractivity contribution < 1.29 is 14.0 Å². The molecule has 0 saturated carbocycles. The van der Waals surface area contributed by atoms with Crippen LogP contribution in [0.4, 0.5) is 0 Å². The second kappa shape index (κ2) is 7.54. The molecule has 0 atom stereocenters. The van der Waals surface area contributed by atoms with E-state index in [1.807, 2.05) is 24.2 Å². The largest absolute Gasteiger partial charge is 0.494 e. The van der Waals surface area contributed by atoms with E-state index >= 15 is 0 Å². The van der Waals surface area contributed by atoms with Gasteiger partial charge in [0.1, 0.15) is 5.75 Å². The monoisotopic (exact) mass is 316 g/mol. The number of ether oxygens (including phenoxy) is 1. The van der Waals surface area contributed by atoms with E-state index in [0.29, 0.717) is 0 Å². The summed E-state index contributed by atoms with van der Waals surface area (Å²) in [5.41, 5.74) is 0.525. The smallest absolute Gasteiger partial charge is 0.487 e. The maximum absolute atomic E-state index is 5.95. The Kier molecular flexibility index (Phi) is 5.93. The van der Waals surface area contributed by atoms with E-state index in [2.05, 4.69) is 46.8 Å². The first-order valence-electron chi connectivity index (χ1n) is 8.61. The average molecular weight is 316 g/mol. The molecule has 0 aromatic heterocycles. The fourth-order valence-electron chi connectivity index (χ4n) is 2.37. The van der Waals surface area contributed by atoms with Crippen LogP contribution < -0.4 is 4.74 Å². The zero-order valence-corrected chi connectivity index (χ0v) is 15.1. The Labute approximate surface area is 141 Å². The number of hydrogen-bond acceptors (Lipinski definition) is 3. The topological polar surface area (TPSA) is 27.7 Å². The third-order valence-corrected chi connectivity index (χ3v) is 4.61. The van der Waals surface area contributed by atoms with Crippen molar-refractivity contribution in [2.45, 2.75) is 65.1 Å². The molecule has 3 nitrogen and oxygen atoms in total. The first-order valence-corrected chi connectivity index (χ1v) is 8.61. The lowest BCUT2D eigenvalue weighted by molar-refractivity contribution is 0.00578. The molecular formula is C19H29BO3. The standard InChI is InChI=1S/C19H29BO3/c1-6-7-8-15-21-17-11-9-16(10-12-17)13-14-20-22-18(2,3)19(4,5)23-20/h9-14H,6-8,15H2,1-5H3/b14-13+. The fraction of sp³-hybridized carbons (Fsp3) is 0.579. The van der Waals surface area contributed by atoms with Crippen LogP contribution in [0.25, 0.3) is 6.08 Å². The Morgan fingerprint density at radius 3 is 2.17 bits per heavy atom. The molecule has 0 unspecified atom stereocenters. The van der Waals surface area contributed by atoms with E-state index in [9.17, 15) is 0 Å². The van der Waals surface area contributed by atoms with E-state index in [1.54, 1.807) is 0 Å². The molecule has 0 N–H and O–H groups in total. The predicted molar refractivity (Wildman–Crippen MR) is 96.6 cm³/mol. The molecular weight excluding hydrogens is 287 g/mol. The molecule has 0 radical (unpaired) electrons. The molecule has 0 amide bonds. The molecule has 0 spiro atoms. The number of benzene rings is 1. The summed E-state index contributed by atoms with van der Waals surface area (Å²) in [6, 6.07) is 8.12. The molecule has 0 bridgehead atoms. The molecule has 1 aliphatic heterocycles. The van der Waals surface area contributed by atoms with E-state index < -0.39 is 0 Å². The summed E-state index contributed by atoms with van der Waals surface area (Å²) >= 11 is 0. The van der Waals surface area contributed by atoms with Crippen molar-refractivity contribution in [3.05, 3.63) is 35.8 Å². The van der Waals surface area contributed by atoms with Crippen LogP contribution in [-0.4, -0.2) is 24.9 Å². The molecule has 1 aromatic rings. The third-order valence-electron chi connectivity index (χ3n) is 4.61. The van der Waals surface area contributed by atoms with Crippen LogP contribution in [0.15, 0.2) is 30.2 Å². The van der Waals surface area contributed by atoms with Crippen LogP contribution in [0.2, 0.25) is 0 Å². The maximum atomic E-state index is 5.95. The van der Waals surface area contributed by atoms with Crippen LogP contribution in [0.1, 0.15) is 59.4 Å². The van der Waals surface area contributed by atoms with Crippen molar-refractivity contribution in [3.8, 4) is 5.75 Å². The second-order valence-electron chi connectivity index (χ2n) is 7.11. The first kappa shape index (κ1) is 18.1. The van der Waals surface area contributed by atoms with Gasteiger partial charge in [0.2, 0.25) is 0 Å². The zero-order valence-electron chi connectivity index (χ0n) is 15.1. The summed E-state index contributed by atoms with van der Waals surface area (Å²) in [5, 5.41) is 0. The average Bonchev–Trinajstić information content (AvgIpc) is 2.70. The highest BCUT2D eigenvalue weighted by atomic mass is 16.7. The van der Waals surface area contributed by atoms with E-state index in [-0.39, 0.29) is 18.3 Å². The van der Waals surface area contributed by atoms with Crippen LogP contribution in [0.3, 0.4) is 0 Å². The SMILES string of the molecule is CCCCCOc1ccc(/C=C/B2OC(C)(C)C(C)(C)O2)cc1. The highest BCUT2D eigenvalue weighted by molar-refractivity contribution is 6.52. The van der Waals surface area contributed by atoms with Gasteiger partial charge in [-0.15, -0.1) is 0 Å². The van der Waals surface area contributed by atoms with Crippen LogP contribution in [0, 0.1) is 0 Å². The Bertz CT molecular complexity index is 504. The van der Waals surface area contributed by atoms with Crippen LogP contribution in [-0.2, 0) is 9.31 Å². The molecule has 23 heavy (non-hydrogen) atoms. The Balaban J connectivity index is 1.86. The van der Waals surface area contributed by atoms with Gasteiger partial charge in [-0.2, -0.15) is 0 Å². The molecule has 4 heteroatoms. The molecule has 1 aromatic carbocycles. The summed E-state index contributed by atoms with van der Waals surface area (Å²) in [6.07, 6.45) is 5.57. The van der Waals surface area contributed by atoms with Gasteiger partial charge >= 0.3 is 7.12 Å². The normalized spacial score (nSPS) is 19.4. The van der Waals surface area contributed by atoms with Crippen molar-refractivity contribution in [1.29, 1.82) is 0 Å². The first-order chi connectivity index (χ1) is 10.8. The quantitative estimate of drug-likeness (QED) is 0.529. The lowest BCUT2D eigenvalue weighted by atomic mass is 9.89. The van der Waals surface area contributed by atoms with Crippen molar-refractivity contribution in [1.82, 2.24) is 0 Å². The molecule has 1 saturated heterocycles. The van der Waals surface area contributed by atoms with E-state index in [4.69, 9.17) is 14.0 Å². The van der Waals surface area contributed by atoms with Gasteiger partial charge in [-0.05, 0) is 51.8 Å². The second-order valence-corrected chi connectivity index (χ2v) is 7.11. The Hall–Kier alpha value is -1.26. The van der Waals surface area contributed by atoms with Crippen LogP contribution in [0.5, 0.6) is 5.75 Å². The van der Waals surface area contributed by atoms with Crippen molar-refractivity contribution in [2.24, 2.45) is 0 Å². The van der Waals surface area contributed by atoms with Gasteiger partial charge in [0.15, 0.2) is 0 Å². The van der Waals surface area contributed by atoms with Gasteiger partial charge in [-0.3, -0.25) is 0 Å². The molecule has 2 rings (SSSR count). The van der Waals surface area contributed by atoms with Crippen molar-refractivity contribution in [3.63, 3.8) is 0 Å². The summed E-state index contributed by atoms with van der Waals surface area (Å²) in [6.45, 7) is 11.2. The lowest BCUT2D eigenvalue weighted by Crippen LogP contribution is -2.41. The number of rotatable bonds is 7. The molecule has 1 fully saturated rings. The molecule has 1 aliphatic rings. The van der Waals surface area contributed by atoms with Crippen LogP contribution >= 0.6 is 0 Å². The maximum Gasteiger partial charge on any atom is 0.487 e. The fourth-order valence-corrected chi connectivity index (χ4v) is 2.37. The summed E-state index contributed by atoms with van der Waals surface area (Å²) in [5.74, 6) is 2.89. The summed E-state index contributed by atoms with van der Waals surface area (Å²) in [4.78, 5) is 0. The molecule has 126 valence electrons. The minimum absolute atomic E-state index is 0.293. The minimum Gasteiger partial charge on any atom is -0.494 e. The molecule has 1 heterocycles. The summed E-state index contributed by atoms with van der Waals surface area (Å²) < 4.78 is 17.6. The van der Waals surface area contributed by atoms with E-state index in [1.165, 1.54) is 12.8 Å². The highest BCUT2D eigenvalue weighted by Crippen LogP contribution is 2.37. The number of hydrogen-bond donors (Lipinski definition) is 0. The van der Waals surface area contributed by atoms with Gasteiger partial charge in [0.05, 0.1) is 17.8 Å². The highest BCUT2D eigenvalue weighted by Gasteiger charge is 2.49. The van der Waals surface area contributed by atoms with Gasteiger partial charge < -0.3 is 14.0 Å². The van der Waals surface area contributed by atoms with Gasteiger partial charge in [0, 0.05) is 0 Å². The Morgan fingerprint density at radius 2 is 1.61 bits per heavy atom. The molecule has 0 aliphatic carbocycles. The minimum atomic E-state index is -0.301. The van der Waals surface area contributed by atoms with Gasteiger partial charge in [0.25, 0.3) is 0 Å². The van der Waals surface area contributed by atoms with E-state index in [0.717, 1.165) is 24.3 Å². The Morgan fingerprint density at radius 1 is 1.00 bits per heavy atom. The third kappa shape index (κ3) is 4.86.